The van der Waals surface area contributed by atoms with Crippen LogP contribution in [0.25, 0.3) is 10.9 Å². The number of H-pyrrole nitrogens is 2. The van der Waals surface area contributed by atoms with E-state index in [9.17, 15) is 14.0 Å². The fourth-order valence-corrected chi connectivity index (χ4v) is 4.09. The number of carbonyl (C=O) groups excluding carboxylic acids is 2. The summed E-state index contributed by atoms with van der Waals surface area (Å²) in [4.78, 5) is 32.2. The Morgan fingerprint density at radius 1 is 1.34 bits per heavy atom. The van der Waals surface area contributed by atoms with Crippen molar-refractivity contribution in [1.82, 2.24) is 25.0 Å². The summed E-state index contributed by atoms with van der Waals surface area (Å²) in [6.45, 7) is 0.791. The van der Waals surface area contributed by atoms with Gasteiger partial charge in [0.05, 0.1) is 11.6 Å². The summed E-state index contributed by atoms with van der Waals surface area (Å²) in [5.41, 5.74) is 2.98. The van der Waals surface area contributed by atoms with Crippen molar-refractivity contribution in [2.75, 3.05) is 13.6 Å². The predicted molar refractivity (Wildman–Crippen MR) is 105 cm³/mol. The largest absolute Gasteiger partial charge is 0.350 e. The third kappa shape index (κ3) is 2.98. The van der Waals surface area contributed by atoms with E-state index >= 15 is 0 Å². The van der Waals surface area contributed by atoms with Crippen molar-refractivity contribution in [3.05, 3.63) is 51.7 Å². The highest BCUT2D eigenvalue weighted by atomic mass is 35.5. The molecule has 1 aromatic carbocycles. The molecule has 0 unspecified atom stereocenters. The van der Waals surface area contributed by atoms with Gasteiger partial charge in [-0.25, -0.2) is 4.39 Å². The van der Waals surface area contributed by atoms with Crippen molar-refractivity contribution in [3.8, 4) is 0 Å². The highest BCUT2D eigenvalue weighted by Gasteiger charge is 2.34. The van der Waals surface area contributed by atoms with Crippen molar-refractivity contribution >= 4 is 34.3 Å². The Morgan fingerprint density at radius 3 is 2.90 bits per heavy atom. The normalized spacial score (nSPS) is 16.2. The smallest absolute Gasteiger partial charge is 0.274 e. The van der Waals surface area contributed by atoms with Gasteiger partial charge >= 0.3 is 0 Å². The molecule has 0 atom stereocenters. The van der Waals surface area contributed by atoms with Crippen molar-refractivity contribution in [2.45, 2.75) is 31.8 Å². The van der Waals surface area contributed by atoms with Crippen LogP contribution in [-0.4, -0.2) is 56.4 Å². The maximum absolute atomic E-state index is 13.7. The van der Waals surface area contributed by atoms with Gasteiger partial charge in [0, 0.05) is 48.2 Å². The Labute approximate surface area is 170 Å². The monoisotopic (exact) mass is 415 g/mol. The van der Waals surface area contributed by atoms with Gasteiger partial charge in [0.25, 0.3) is 11.8 Å². The lowest BCUT2D eigenvalue weighted by molar-refractivity contribution is 0.0717. The summed E-state index contributed by atoms with van der Waals surface area (Å²) in [7, 11) is 1.79. The van der Waals surface area contributed by atoms with Crippen LogP contribution < -0.4 is 0 Å². The van der Waals surface area contributed by atoms with Crippen molar-refractivity contribution in [1.29, 1.82) is 0 Å². The van der Waals surface area contributed by atoms with E-state index in [1.165, 1.54) is 6.07 Å². The van der Waals surface area contributed by atoms with Crippen molar-refractivity contribution in [2.24, 2.45) is 0 Å². The van der Waals surface area contributed by atoms with E-state index in [2.05, 4.69) is 15.2 Å². The number of aromatic amines is 2. The van der Waals surface area contributed by atoms with E-state index in [1.54, 1.807) is 29.0 Å². The van der Waals surface area contributed by atoms with E-state index in [-0.39, 0.29) is 22.9 Å². The first-order chi connectivity index (χ1) is 13.9. The molecule has 1 saturated carbocycles. The van der Waals surface area contributed by atoms with Crippen molar-refractivity contribution in [3.63, 3.8) is 0 Å². The van der Waals surface area contributed by atoms with Gasteiger partial charge < -0.3 is 14.8 Å². The minimum Gasteiger partial charge on any atom is -0.350 e. The fourth-order valence-electron chi connectivity index (χ4n) is 3.87. The number of hydrogen-bond donors (Lipinski definition) is 2. The minimum absolute atomic E-state index is 0.00967. The maximum Gasteiger partial charge on any atom is 0.274 e. The van der Waals surface area contributed by atoms with Crippen LogP contribution >= 0.6 is 11.6 Å². The highest BCUT2D eigenvalue weighted by Crippen LogP contribution is 2.30. The Balaban J connectivity index is 1.42. The molecular weight excluding hydrogens is 397 g/mol. The molecule has 2 aliphatic rings. The lowest BCUT2D eigenvalue weighted by Crippen LogP contribution is -2.37. The van der Waals surface area contributed by atoms with Crippen LogP contribution in [0.1, 0.15) is 45.1 Å². The molecule has 0 spiro atoms. The van der Waals surface area contributed by atoms with Crippen LogP contribution in [0.2, 0.25) is 5.02 Å². The summed E-state index contributed by atoms with van der Waals surface area (Å²) in [6.07, 6.45) is 2.62. The van der Waals surface area contributed by atoms with Crippen LogP contribution in [0.15, 0.2) is 18.2 Å². The lowest BCUT2D eigenvalue weighted by Gasteiger charge is -2.27. The number of nitrogens with one attached hydrogen (secondary N) is 2. The van der Waals surface area contributed by atoms with E-state index in [0.29, 0.717) is 41.8 Å². The zero-order chi connectivity index (χ0) is 20.3. The van der Waals surface area contributed by atoms with Crippen LogP contribution in [0.3, 0.4) is 0 Å². The Bertz CT molecular complexity index is 1150. The van der Waals surface area contributed by atoms with E-state index in [1.807, 2.05) is 0 Å². The van der Waals surface area contributed by atoms with Gasteiger partial charge in [0.15, 0.2) is 5.69 Å². The molecule has 0 saturated heterocycles. The van der Waals surface area contributed by atoms with E-state index in [4.69, 9.17) is 11.6 Å². The van der Waals surface area contributed by atoms with E-state index < -0.39 is 5.82 Å². The lowest BCUT2D eigenvalue weighted by atomic mass is 10.0. The second-order valence-corrected chi connectivity index (χ2v) is 8.04. The van der Waals surface area contributed by atoms with Crippen LogP contribution in [0, 0.1) is 5.82 Å². The summed E-state index contributed by atoms with van der Waals surface area (Å²) < 4.78 is 13.7. The molecule has 150 valence electrons. The first kappa shape index (κ1) is 18.2. The summed E-state index contributed by atoms with van der Waals surface area (Å²) in [5.74, 6) is -0.869. The zero-order valence-corrected chi connectivity index (χ0v) is 16.5. The molecule has 1 aliphatic carbocycles. The standard InChI is InChI=1S/C20H19ClFN5O2/c1-26(10-2-3-10)20(29)18-12-9-27(7-6-15(12)24-25-18)19(28)16-8-11-14(23-16)5-4-13(22)17(11)21/h4-5,8,10,23H,2-3,6-7,9H2,1H3,(H,24,25). The molecule has 9 heteroatoms. The molecule has 2 aromatic heterocycles. The number of carbonyl (C=O) groups is 2. The van der Waals surface area contributed by atoms with E-state index in [0.717, 1.165) is 24.1 Å². The van der Waals surface area contributed by atoms with Gasteiger partial charge in [-0.3, -0.25) is 14.7 Å². The van der Waals surface area contributed by atoms with Gasteiger partial charge in [-0.2, -0.15) is 5.10 Å². The van der Waals surface area contributed by atoms with Gasteiger partial charge in [0.1, 0.15) is 11.5 Å². The number of nitrogens with zero attached hydrogens (tertiary/aromatic N) is 3. The molecule has 2 N–H and O–H groups in total. The molecule has 0 bridgehead atoms. The maximum atomic E-state index is 13.7. The quantitative estimate of drug-likeness (QED) is 0.689. The molecule has 5 rings (SSSR count). The first-order valence-corrected chi connectivity index (χ1v) is 9.91. The number of hydrogen-bond acceptors (Lipinski definition) is 3. The predicted octanol–water partition coefficient (Wildman–Crippen LogP) is 3.12. The molecule has 1 fully saturated rings. The molecule has 3 aromatic rings. The Morgan fingerprint density at radius 2 is 2.14 bits per heavy atom. The number of benzene rings is 1. The topological polar surface area (TPSA) is 85.1 Å². The van der Waals surface area contributed by atoms with Gasteiger partial charge in [0.2, 0.25) is 0 Å². The second kappa shape index (κ2) is 6.59. The number of halogens is 2. The van der Waals surface area contributed by atoms with Gasteiger partial charge in [-0.1, -0.05) is 11.6 Å². The fraction of sp³-hybridized carbons (Fsp3) is 0.350. The summed E-state index contributed by atoms with van der Waals surface area (Å²) in [5, 5.41) is 7.64. The molecule has 1 aliphatic heterocycles. The van der Waals surface area contributed by atoms with Crippen molar-refractivity contribution < 1.29 is 14.0 Å². The number of rotatable bonds is 3. The van der Waals surface area contributed by atoms with Gasteiger partial charge in [-0.15, -0.1) is 0 Å². The molecule has 0 radical (unpaired) electrons. The Kier molecular flexibility index (Phi) is 4.13. The van der Waals surface area contributed by atoms with Crippen LogP contribution in [0.4, 0.5) is 4.39 Å². The minimum atomic E-state index is -0.527. The first-order valence-electron chi connectivity index (χ1n) is 9.53. The number of amides is 2. The molecular formula is C20H19ClFN5O2. The molecule has 3 heterocycles. The summed E-state index contributed by atoms with van der Waals surface area (Å²) in [6, 6.07) is 4.68. The van der Waals surface area contributed by atoms with Gasteiger partial charge in [-0.05, 0) is 31.0 Å². The molecule has 2 amide bonds. The number of aromatic nitrogens is 3. The third-order valence-electron chi connectivity index (χ3n) is 5.76. The second-order valence-electron chi connectivity index (χ2n) is 7.66. The molecule has 7 nitrogen and oxygen atoms in total. The zero-order valence-electron chi connectivity index (χ0n) is 15.8. The van der Waals surface area contributed by atoms with Crippen LogP contribution in [-0.2, 0) is 13.0 Å². The molecule has 29 heavy (non-hydrogen) atoms. The summed E-state index contributed by atoms with van der Waals surface area (Å²) >= 11 is 6.02. The van der Waals surface area contributed by atoms with Crippen LogP contribution in [0.5, 0.6) is 0 Å². The number of fused-ring (bicyclic) bond motifs is 2. The SMILES string of the molecule is CN(C(=O)c1n[nH]c2c1CN(C(=O)c1cc3c(Cl)c(F)ccc3[nH]1)CC2)C1CC1. The average Bonchev–Trinajstić information content (AvgIpc) is 3.34. The third-order valence-corrected chi connectivity index (χ3v) is 6.14. The highest BCUT2D eigenvalue weighted by molar-refractivity contribution is 6.35. The Hall–Kier alpha value is -2.87. The average molecular weight is 416 g/mol.